The number of ketones is 2. The second-order valence-corrected chi connectivity index (χ2v) is 24.3. The molecule has 348 valence electrons. The summed E-state index contributed by atoms with van der Waals surface area (Å²) in [6, 6.07) is 7.09. The minimum Gasteiger partial charge on any atom is -0.396 e. The number of ether oxygens (including phenoxy) is 2. The molecule has 2 saturated heterocycles. The number of aryl methyl sites for hydroxylation is 2. The number of aromatic nitrogens is 2. The molecule has 0 bridgehead atoms. The number of epoxide rings is 1. The quantitative estimate of drug-likeness (QED) is 0.157. The van der Waals surface area contributed by atoms with Crippen LogP contribution in [-0.4, -0.2) is 80.2 Å². The van der Waals surface area contributed by atoms with E-state index in [1.807, 2.05) is 13.8 Å². The highest BCUT2D eigenvalue weighted by Gasteiger charge is 2.73. The Hall–Kier alpha value is -3.08. The largest absolute Gasteiger partial charge is 0.396 e. The molecule has 1 aromatic carbocycles. The minimum atomic E-state index is -0.773. The SMILES string of the molecule is Cc1cc(Cc2cn3c4c(c[nH]c24)CCC(C)(CC(O)C2OC2(C)C)C2=C4C(C3)C(O)C3C5(C)CC(CCCO)C(=O)C(C)(C)C5CCC3(C)C4(C)CC2=O)cc(C2CCOCC2)c1. The molecule has 3 aliphatic heterocycles. The number of nitrogens with one attached hydrogen (secondary N) is 1. The second-order valence-electron chi connectivity index (χ2n) is 24.3. The summed E-state index contributed by atoms with van der Waals surface area (Å²) in [6.07, 6.45) is 11.4. The van der Waals surface area contributed by atoms with Crippen LogP contribution >= 0.6 is 0 Å². The van der Waals surface area contributed by atoms with Gasteiger partial charge in [-0.25, -0.2) is 0 Å². The predicted molar refractivity (Wildman–Crippen MR) is 249 cm³/mol. The lowest BCUT2D eigenvalue weighted by Crippen LogP contribution is -2.68. The minimum absolute atomic E-state index is 0.0562. The van der Waals surface area contributed by atoms with Crippen LogP contribution in [0.4, 0.5) is 0 Å². The van der Waals surface area contributed by atoms with E-state index in [2.05, 4.69) is 88.6 Å². The molecule has 9 nitrogen and oxygen atoms in total. The molecular weight excluding hydrogens is 801 g/mol. The van der Waals surface area contributed by atoms with Gasteiger partial charge < -0.3 is 34.3 Å². The van der Waals surface area contributed by atoms with Crippen molar-refractivity contribution < 1.29 is 34.4 Å². The monoisotopic (exact) mass is 877 g/mol. The first kappa shape index (κ1) is 44.7. The van der Waals surface area contributed by atoms with E-state index >= 15 is 4.79 Å². The van der Waals surface area contributed by atoms with Crippen molar-refractivity contribution in [3.63, 3.8) is 0 Å². The number of aliphatic hydroxyl groups excluding tert-OH is 3. The molecule has 4 N–H and O–H groups in total. The topological polar surface area (TPSA) is 137 Å². The Morgan fingerprint density at radius 1 is 0.984 bits per heavy atom. The third-order valence-electron chi connectivity index (χ3n) is 19.6. The van der Waals surface area contributed by atoms with Gasteiger partial charge in [-0.1, -0.05) is 65.3 Å². The molecule has 11 unspecified atom stereocenters. The van der Waals surface area contributed by atoms with Gasteiger partial charge in [-0.2, -0.15) is 0 Å². The molecule has 7 aliphatic rings. The Morgan fingerprint density at radius 3 is 2.42 bits per heavy atom. The molecule has 5 heterocycles. The molecule has 4 aliphatic carbocycles. The van der Waals surface area contributed by atoms with Crippen LogP contribution in [0.3, 0.4) is 0 Å². The van der Waals surface area contributed by atoms with Crippen molar-refractivity contribution >= 4 is 22.6 Å². The first-order valence-corrected chi connectivity index (χ1v) is 25.0. The van der Waals surface area contributed by atoms with Crippen molar-refractivity contribution in [2.24, 2.45) is 50.7 Å². The van der Waals surface area contributed by atoms with Crippen molar-refractivity contribution in [3.8, 4) is 0 Å². The maximum absolute atomic E-state index is 15.4. The van der Waals surface area contributed by atoms with Gasteiger partial charge >= 0.3 is 0 Å². The fourth-order valence-corrected chi connectivity index (χ4v) is 16.6. The fraction of sp³-hybridized carbons (Fsp3) is 0.709. The van der Waals surface area contributed by atoms with Gasteiger partial charge in [0.05, 0.1) is 28.8 Å². The molecule has 10 rings (SSSR count). The zero-order valence-electron chi connectivity index (χ0n) is 40.2. The number of carbonyl (C=O) groups excluding carboxylic acids is 2. The Bertz CT molecular complexity index is 2400. The van der Waals surface area contributed by atoms with Crippen molar-refractivity contribution in [1.29, 1.82) is 0 Å². The normalized spacial score (nSPS) is 38.5. The average molecular weight is 877 g/mol. The molecule has 0 amide bonds. The van der Waals surface area contributed by atoms with Gasteiger partial charge in [0.1, 0.15) is 11.9 Å². The molecule has 2 aromatic heterocycles. The van der Waals surface area contributed by atoms with Crippen LogP contribution in [0.25, 0.3) is 11.0 Å². The highest BCUT2D eigenvalue weighted by Crippen LogP contribution is 2.76. The Balaban J connectivity index is 1.13. The molecule has 11 atom stereocenters. The molecule has 3 saturated carbocycles. The van der Waals surface area contributed by atoms with Crippen LogP contribution in [0.5, 0.6) is 0 Å². The van der Waals surface area contributed by atoms with Gasteiger partial charge in [0.2, 0.25) is 0 Å². The third kappa shape index (κ3) is 6.61. The lowest BCUT2D eigenvalue weighted by atomic mass is 9.34. The van der Waals surface area contributed by atoms with Crippen LogP contribution in [0.15, 0.2) is 41.7 Å². The molecular formula is C55H76N2O7. The first-order valence-electron chi connectivity index (χ1n) is 25.0. The van der Waals surface area contributed by atoms with E-state index in [-0.39, 0.29) is 47.6 Å². The number of hydrogen-bond donors (Lipinski definition) is 4. The van der Waals surface area contributed by atoms with Crippen molar-refractivity contribution in [2.45, 2.75) is 176 Å². The number of hydrogen-bond acceptors (Lipinski definition) is 7. The van der Waals surface area contributed by atoms with Gasteiger partial charge in [0.25, 0.3) is 0 Å². The Labute approximate surface area is 381 Å². The zero-order chi connectivity index (χ0) is 45.5. The van der Waals surface area contributed by atoms with Crippen LogP contribution in [-0.2, 0) is 38.4 Å². The van der Waals surface area contributed by atoms with Crippen LogP contribution in [0, 0.1) is 57.7 Å². The zero-order valence-corrected chi connectivity index (χ0v) is 40.2. The van der Waals surface area contributed by atoms with Crippen molar-refractivity contribution in [1.82, 2.24) is 9.55 Å². The summed E-state index contributed by atoms with van der Waals surface area (Å²) in [6.45, 7) is 22.1. The van der Waals surface area contributed by atoms with Gasteiger partial charge in [0, 0.05) is 79.8 Å². The number of fused-ring (bicyclic) bond motifs is 4. The highest BCUT2D eigenvalue weighted by atomic mass is 16.6. The first-order chi connectivity index (χ1) is 30.2. The Kier molecular flexibility index (Phi) is 10.6. The van der Waals surface area contributed by atoms with E-state index in [1.165, 1.54) is 33.3 Å². The summed E-state index contributed by atoms with van der Waals surface area (Å²) in [5, 5.41) is 35.7. The van der Waals surface area contributed by atoms with E-state index in [1.54, 1.807) is 0 Å². The van der Waals surface area contributed by atoms with Gasteiger partial charge in [-0.05, 0) is 147 Å². The maximum Gasteiger partial charge on any atom is 0.160 e. The molecule has 64 heavy (non-hydrogen) atoms. The summed E-state index contributed by atoms with van der Waals surface area (Å²) < 4.78 is 14.2. The van der Waals surface area contributed by atoms with Gasteiger partial charge in [-0.3, -0.25) is 9.59 Å². The predicted octanol–water partition coefficient (Wildman–Crippen LogP) is 9.34. The van der Waals surface area contributed by atoms with E-state index in [4.69, 9.17) is 9.47 Å². The number of aliphatic hydroxyl groups is 3. The molecule has 0 spiro atoms. The lowest BCUT2D eigenvalue weighted by Gasteiger charge is -2.70. The van der Waals surface area contributed by atoms with E-state index in [0.717, 1.165) is 68.4 Å². The average Bonchev–Trinajstić information content (AvgIpc) is 3.47. The number of H-pyrrole nitrogens is 1. The van der Waals surface area contributed by atoms with E-state index in [0.29, 0.717) is 56.8 Å². The standard InChI is InChI=1S/C55H76N2O7/c1-31-21-32(23-36(22-31)33-14-19-63-20-15-33)24-37-29-57-30-38-42-43(52(6,26-40(60)49-51(4,5)64-49)16-12-35-28-56-44(37)45(35)57)39(59)27-55(42,9)54(8)17-13-41-50(2,3)48(62)34(11-10-18-58)25-53(41,7)47(54)46(38)61/h21-23,28-29,33-34,38,40-41,46-47,49,56,58,60-61H,10-20,24-27,30H2,1-9H3. The second kappa shape index (κ2) is 15.2. The number of allylic oxidation sites excluding steroid dienone is 1. The van der Waals surface area contributed by atoms with Crippen molar-refractivity contribution in [2.75, 3.05) is 19.8 Å². The summed E-state index contributed by atoms with van der Waals surface area (Å²) >= 11 is 0. The molecule has 5 fully saturated rings. The highest BCUT2D eigenvalue weighted by molar-refractivity contribution is 6.02. The van der Waals surface area contributed by atoms with Crippen LogP contribution in [0.1, 0.15) is 153 Å². The maximum atomic E-state index is 15.4. The third-order valence-corrected chi connectivity index (χ3v) is 19.6. The number of rotatable bonds is 9. The number of benzene rings is 1. The number of aromatic amines is 1. The molecule has 9 heteroatoms. The molecule has 0 radical (unpaired) electrons. The fourth-order valence-electron chi connectivity index (χ4n) is 16.6. The summed E-state index contributed by atoms with van der Waals surface area (Å²) in [7, 11) is 0. The molecule has 3 aromatic rings. The summed E-state index contributed by atoms with van der Waals surface area (Å²) in [5.74, 6) is 0.348. The smallest absolute Gasteiger partial charge is 0.160 e. The van der Waals surface area contributed by atoms with Gasteiger partial charge in [0.15, 0.2) is 5.78 Å². The van der Waals surface area contributed by atoms with E-state index < -0.39 is 39.5 Å². The lowest BCUT2D eigenvalue weighted by molar-refractivity contribution is -0.226. The van der Waals surface area contributed by atoms with Crippen LogP contribution < -0.4 is 0 Å². The van der Waals surface area contributed by atoms with Crippen LogP contribution in [0.2, 0.25) is 0 Å². The van der Waals surface area contributed by atoms with Gasteiger partial charge in [-0.15, -0.1) is 0 Å². The number of carbonyl (C=O) groups is 2. The number of Topliss-reactive ketones (excluding diaryl/α,β-unsaturated/α-hetero) is 2. The van der Waals surface area contributed by atoms with Crippen molar-refractivity contribution in [3.05, 3.63) is 69.6 Å². The summed E-state index contributed by atoms with van der Waals surface area (Å²) in [5.41, 5.74) is 7.72. The summed E-state index contributed by atoms with van der Waals surface area (Å²) in [4.78, 5) is 33.5. The number of nitrogens with zero attached hydrogens (tertiary/aromatic N) is 1. The Morgan fingerprint density at radius 2 is 1.72 bits per heavy atom. The van der Waals surface area contributed by atoms with E-state index in [9.17, 15) is 20.1 Å².